The van der Waals surface area contributed by atoms with Gasteiger partial charge in [-0.3, -0.25) is 4.79 Å². The number of carbonyl (C=O) groups is 1. The summed E-state index contributed by atoms with van der Waals surface area (Å²) < 4.78 is 0. The molecule has 2 rings (SSSR count). The Morgan fingerprint density at radius 1 is 1.18 bits per heavy atom. The Labute approximate surface area is 103 Å². The van der Waals surface area contributed by atoms with Gasteiger partial charge in [-0.1, -0.05) is 12.8 Å². The highest BCUT2D eigenvalue weighted by molar-refractivity contribution is 5.81. The quantitative estimate of drug-likeness (QED) is 0.683. The first-order valence-electron chi connectivity index (χ1n) is 6.96. The van der Waals surface area contributed by atoms with Crippen LogP contribution < -0.4 is 10.6 Å². The summed E-state index contributed by atoms with van der Waals surface area (Å²) in [6, 6.07) is -0.0494. The number of hydrogen-bond acceptors (Lipinski definition) is 3. The van der Waals surface area contributed by atoms with E-state index in [2.05, 4.69) is 10.6 Å². The van der Waals surface area contributed by atoms with Gasteiger partial charge in [0.15, 0.2) is 0 Å². The monoisotopic (exact) mass is 240 g/mol. The van der Waals surface area contributed by atoms with Crippen molar-refractivity contribution in [1.82, 2.24) is 10.6 Å². The summed E-state index contributed by atoms with van der Waals surface area (Å²) in [5, 5.41) is 16.1. The van der Waals surface area contributed by atoms with Gasteiger partial charge in [-0.2, -0.15) is 0 Å². The molecule has 4 heteroatoms. The van der Waals surface area contributed by atoms with Crippen molar-refractivity contribution >= 4 is 5.91 Å². The summed E-state index contributed by atoms with van der Waals surface area (Å²) in [6.45, 7) is 1.59. The Morgan fingerprint density at radius 3 is 2.76 bits per heavy atom. The Bertz CT molecular complexity index is 258. The molecule has 1 saturated heterocycles. The lowest BCUT2D eigenvalue weighted by Gasteiger charge is -2.29. The van der Waals surface area contributed by atoms with Crippen LogP contribution in [-0.2, 0) is 4.79 Å². The van der Waals surface area contributed by atoms with Gasteiger partial charge in [0.05, 0.1) is 12.1 Å². The van der Waals surface area contributed by atoms with Gasteiger partial charge >= 0.3 is 0 Å². The molecule has 0 aromatic heterocycles. The minimum atomic E-state index is -0.176. The number of hydrogen-bond donors (Lipinski definition) is 3. The fraction of sp³-hybridized carbons (Fsp3) is 0.923. The maximum absolute atomic E-state index is 11.7. The van der Waals surface area contributed by atoms with Crippen molar-refractivity contribution in [3.05, 3.63) is 0 Å². The van der Waals surface area contributed by atoms with E-state index in [-0.39, 0.29) is 18.1 Å². The molecule has 2 fully saturated rings. The molecular weight excluding hydrogens is 216 g/mol. The molecule has 1 amide bonds. The van der Waals surface area contributed by atoms with E-state index < -0.39 is 0 Å². The highest BCUT2D eigenvalue weighted by atomic mass is 16.3. The highest BCUT2D eigenvalue weighted by Crippen LogP contribution is 2.23. The minimum absolute atomic E-state index is 0.0494. The van der Waals surface area contributed by atoms with Crippen molar-refractivity contribution in [1.29, 1.82) is 0 Å². The van der Waals surface area contributed by atoms with Gasteiger partial charge in [0.25, 0.3) is 0 Å². The summed E-state index contributed by atoms with van der Waals surface area (Å²) in [7, 11) is 0. The average molecular weight is 240 g/mol. The smallest absolute Gasteiger partial charge is 0.237 e. The van der Waals surface area contributed by atoms with Gasteiger partial charge in [-0.05, 0) is 38.0 Å². The fourth-order valence-electron chi connectivity index (χ4n) is 2.85. The summed E-state index contributed by atoms with van der Waals surface area (Å²) in [5.74, 6) is 0.465. The minimum Gasteiger partial charge on any atom is -0.393 e. The number of rotatable bonds is 3. The van der Waals surface area contributed by atoms with E-state index >= 15 is 0 Å². The molecule has 1 heterocycles. The molecule has 0 aromatic carbocycles. The Morgan fingerprint density at radius 2 is 1.94 bits per heavy atom. The van der Waals surface area contributed by atoms with E-state index in [1.54, 1.807) is 0 Å². The SMILES string of the molecule is O=C1NCCCCC1NCC1CCCCC1O. The molecule has 17 heavy (non-hydrogen) atoms. The maximum atomic E-state index is 11.7. The third-order valence-corrected chi connectivity index (χ3v) is 4.03. The molecule has 0 spiro atoms. The first kappa shape index (κ1) is 12.8. The van der Waals surface area contributed by atoms with Gasteiger partial charge in [0.1, 0.15) is 0 Å². The van der Waals surface area contributed by atoms with E-state index in [0.717, 1.165) is 51.6 Å². The van der Waals surface area contributed by atoms with Gasteiger partial charge in [0.2, 0.25) is 5.91 Å². The molecule has 1 aliphatic heterocycles. The topological polar surface area (TPSA) is 61.4 Å². The van der Waals surface area contributed by atoms with Gasteiger partial charge in [0, 0.05) is 13.1 Å². The van der Waals surface area contributed by atoms with Gasteiger partial charge < -0.3 is 15.7 Å². The van der Waals surface area contributed by atoms with Gasteiger partial charge in [-0.25, -0.2) is 0 Å². The maximum Gasteiger partial charge on any atom is 0.237 e. The van der Waals surface area contributed by atoms with Crippen LogP contribution in [0.15, 0.2) is 0 Å². The summed E-state index contributed by atoms with van der Waals surface area (Å²) in [4.78, 5) is 11.7. The largest absolute Gasteiger partial charge is 0.393 e. The molecule has 2 aliphatic rings. The summed E-state index contributed by atoms with van der Waals surface area (Å²) >= 11 is 0. The molecule has 3 atom stereocenters. The van der Waals surface area contributed by atoms with Crippen molar-refractivity contribution in [3.8, 4) is 0 Å². The third-order valence-electron chi connectivity index (χ3n) is 4.03. The van der Waals surface area contributed by atoms with Crippen molar-refractivity contribution < 1.29 is 9.90 Å². The van der Waals surface area contributed by atoms with Crippen LogP contribution in [0.4, 0.5) is 0 Å². The Balaban J connectivity index is 1.77. The van der Waals surface area contributed by atoms with Crippen LogP contribution in [-0.4, -0.2) is 36.2 Å². The fourth-order valence-corrected chi connectivity index (χ4v) is 2.85. The molecule has 98 valence electrons. The average Bonchev–Trinajstić information content (AvgIpc) is 2.53. The van der Waals surface area contributed by atoms with Crippen LogP contribution in [0.3, 0.4) is 0 Å². The second-order valence-corrected chi connectivity index (χ2v) is 5.36. The van der Waals surface area contributed by atoms with Crippen molar-refractivity contribution in [3.63, 3.8) is 0 Å². The van der Waals surface area contributed by atoms with E-state index in [4.69, 9.17) is 0 Å². The zero-order chi connectivity index (χ0) is 12.1. The summed E-state index contributed by atoms with van der Waals surface area (Å²) in [6.07, 6.45) is 7.28. The van der Waals surface area contributed by atoms with Gasteiger partial charge in [-0.15, -0.1) is 0 Å². The Hall–Kier alpha value is -0.610. The molecule has 3 N–H and O–H groups in total. The first-order chi connectivity index (χ1) is 8.27. The molecule has 1 aliphatic carbocycles. The predicted molar refractivity (Wildman–Crippen MR) is 66.6 cm³/mol. The predicted octanol–water partition coefficient (Wildman–Crippen LogP) is 0.796. The van der Waals surface area contributed by atoms with Crippen LogP contribution in [0.1, 0.15) is 44.9 Å². The van der Waals surface area contributed by atoms with E-state index in [0.29, 0.717) is 5.92 Å². The second kappa shape index (κ2) is 6.36. The molecule has 0 aromatic rings. The number of nitrogens with one attached hydrogen (secondary N) is 2. The lowest BCUT2D eigenvalue weighted by Crippen LogP contribution is -2.46. The zero-order valence-electron chi connectivity index (χ0n) is 10.5. The number of aliphatic hydroxyl groups excluding tert-OH is 1. The highest BCUT2D eigenvalue weighted by Gasteiger charge is 2.26. The van der Waals surface area contributed by atoms with Crippen molar-refractivity contribution in [2.24, 2.45) is 5.92 Å². The van der Waals surface area contributed by atoms with Crippen LogP contribution in [0.2, 0.25) is 0 Å². The molecule has 3 unspecified atom stereocenters. The van der Waals surface area contributed by atoms with E-state index in [1.807, 2.05) is 0 Å². The van der Waals surface area contributed by atoms with Crippen LogP contribution >= 0.6 is 0 Å². The normalized spacial score (nSPS) is 35.1. The van der Waals surface area contributed by atoms with Crippen LogP contribution in [0.25, 0.3) is 0 Å². The third kappa shape index (κ3) is 3.68. The Kier molecular flexibility index (Phi) is 4.80. The number of amides is 1. The van der Waals surface area contributed by atoms with E-state index in [9.17, 15) is 9.90 Å². The zero-order valence-corrected chi connectivity index (χ0v) is 10.5. The number of carbonyl (C=O) groups excluding carboxylic acids is 1. The summed E-state index contributed by atoms with van der Waals surface area (Å²) in [5.41, 5.74) is 0. The van der Waals surface area contributed by atoms with Crippen molar-refractivity contribution in [2.75, 3.05) is 13.1 Å². The lowest BCUT2D eigenvalue weighted by molar-refractivity contribution is -0.123. The standard InChI is InChI=1S/C13H24N2O2/c16-12-7-2-1-5-10(12)9-15-11-6-3-4-8-14-13(11)17/h10-12,15-16H,1-9H2,(H,14,17). The van der Waals surface area contributed by atoms with Crippen LogP contribution in [0.5, 0.6) is 0 Å². The molecule has 1 saturated carbocycles. The second-order valence-electron chi connectivity index (χ2n) is 5.36. The van der Waals surface area contributed by atoms with E-state index in [1.165, 1.54) is 6.42 Å². The first-order valence-corrected chi connectivity index (χ1v) is 6.96. The molecule has 0 radical (unpaired) electrons. The lowest BCUT2D eigenvalue weighted by atomic mass is 9.86. The van der Waals surface area contributed by atoms with Crippen molar-refractivity contribution in [2.45, 2.75) is 57.1 Å². The molecular formula is C13H24N2O2. The molecule has 0 bridgehead atoms. The van der Waals surface area contributed by atoms with Crippen LogP contribution in [0, 0.1) is 5.92 Å². The molecule has 4 nitrogen and oxygen atoms in total. The number of aliphatic hydroxyl groups is 1.